The van der Waals surface area contributed by atoms with E-state index in [9.17, 15) is 4.79 Å². The van der Waals surface area contributed by atoms with Gasteiger partial charge < -0.3 is 25.4 Å². The van der Waals surface area contributed by atoms with E-state index in [1.807, 2.05) is 49.4 Å². The van der Waals surface area contributed by atoms with Gasteiger partial charge in [0.2, 0.25) is 0 Å². The summed E-state index contributed by atoms with van der Waals surface area (Å²) in [6.07, 6.45) is 1.73. The maximum absolute atomic E-state index is 12.2. The number of carbonyl (C=O) groups excluding carboxylic acids is 1. The first kappa shape index (κ1) is 24.1. The van der Waals surface area contributed by atoms with Crippen molar-refractivity contribution in [3.8, 4) is 11.5 Å². The van der Waals surface area contributed by atoms with Crippen molar-refractivity contribution < 1.29 is 14.3 Å². The summed E-state index contributed by atoms with van der Waals surface area (Å²) >= 11 is 0. The zero-order valence-electron chi connectivity index (χ0n) is 19.1. The first-order chi connectivity index (χ1) is 15.0. The van der Waals surface area contributed by atoms with Crippen molar-refractivity contribution in [1.29, 1.82) is 0 Å². The summed E-state index contributed by atoms with van der Waals surface area (Å²) in [7, 11) is 5.01. The molecule has 7 nitrogen and oxygen atoms in total. The first-order valence-electron chi connectivity index (χ1n) is 10.6. The minimum absolute atomic E-state index is 0.0403. The van der Waals surface area contributed by atoms with Crippen molar-refractivity contribution in [2.75, 3.05) is 27.8 Å². The lowest BCUT2D eigenvalue weighted by molar-refractivity contribution is 0.0939. The van der Waals surface area contributed by atoms with E-state index in [2.05, 4.69) is 27.9 Å². The van der Waals surface area contributed by atoms with Gasteiger partial charge in [-0.2, -0.15) is 0 Å². The lowest BCUT2D eigenvalue weighted by atomic mass is 10.1. The standard InChI is InChI=1S/C24H34N4O3/c1-6-17(2)28-23(29)20-10-7-19(8-11-20)16-27-24(25-3)26-14-13-18-9-12-21(30-4)22(15-18)31-5/h7-12,15,17H,6,13-14,16H2,1-5H3,(H,28,29)(H2,25,26,27). The molecule has 1 amide bonds. The fraction of sp³-hybridized carbons (Fsp3) is 0.417. The van der Waals surface area contributed by atoms with Crippen LogP contribution in [0.5, 0.6) is 11.5 Å². The third-order valence-electron chi connectivity index (χ3n) is 5.04. The number of rotatable bonds is 10. The second-order valence-electron chi connectivity index (χ2n) is 7.27. The molecule has 2 aromatic carbocycles. The van der Waals surface area contributed by atoms with Gasteiger partial charge in [-0.15, -0.1) is 0 Å². The maximum atomic E-state index is 12.2. The molecule has 1 atom stereocenters. The van der Waals surface area contributed by atoms with Crippen LogP contribution in [0.25, 0.3) is 0 Å². The minimum Gasteiger partial charge on any atom is -0.493 e. The first-order valence-corrected chi connectivity index (χ1v) is 10.6. The summed E-state index contributed by atoms with van der Waals surface area (Å²) in [4.78, 5) is 16.4. The molecule has 168 valence electrons. The smallest absolute Gasteiger partial charge is 0.251 e. The topological polar surface area (TPSA) is 84.0 Å². The number of methoxy groups -OCH3 is 2. The molecule has 0 saturated heterocycles. The Morgan fingerprint density at radius 2 is 1.68 bits per heavy atom. The van der Waals surface area contributed by atoms with Crippen LogP contribution in [0.15, 0.2) is 47.5 Å². The molecular weight excluding hydrogens is 392 g/mol. The van der Waals surface area contributed by atoms with E-state index in [0.717, 1.165) is 48.0 Å². The number of aliphatic imine (C=N–C) groups is 1. The Kier molecular flexibility index (Phi) is 9.68. The van der Waals surface area contributed by atoms with E-state index in [0.29, 0.717) is 12.1 Å². The monoisotopic (exact) mass is 426 g/mol. The summed E-state index contributed by atoms with van der Waals surface area (Å²) < 4.78 is 10.6. The lowest BCUT2D eigenvalue weighted by Crippen LogP contribution is -2.37. The van der Waals surface area contributed by atoms with Gasteiger partial charge in [0.15, 0.2) is 17.5 Å². The van der Waals surface area contributed by atoms with Crippen LogP contribution < -0.4 is 25.4 Å². The summed E-state index contributed by atoms with van der Waals surface area (Å²) in [5.74, 6) is 2.13. The SMILES string of the molecule is CCC(C)NC(=O)c1ccc(CNC(=NC)NCCc2ccc(OC)c(OC)c2)cc1. The molecule has 0 aromatic heterocycles. The molecule has 0 spiro atoms. The molecule has 0 radical (unpaired) electrons. The third-order valence-corrected chi connectivity index (χ3v) is 5.04. The molecule has 0 saturated carbocycles. The molecule has 0 aliphatic rings. The highest BCUT2D eigenvalue weighted by Gasteiger charge is 2.08. The van der Waals surface area contributed by atoms with Gasteiger partial charge in [0.25, 0.3) is 5.91 Å². The molecule has 0 aliphatic heterocycles. The highest BCUT2D eigenvalue weighted by atomic mass is 16.5. The van der Waals surface area contributed by atoms with E-state index in [4.69, 9.17) is 9.47 Å². The van der Waals surface area contributed by atoms with Crippen molar-refractivity contribution in [3.05, 3.63) is 59.2 Å². The third kappa shape index (κ3) is 7.51. The number of amides is 1. The molecule has 0 aliphatic carbocycles. The summed E-state index contributed by atoms with van der Waals surface area (Å²) in [5, 5.41) is 9.59. The Hall–Kier alpha value is -3.22. The van der Waals surface area contributed by atoms with Gasteiger partial charge in [-0.1, -0.05) is 25.1 Å². The zero-order chi connectivity index (χ0) is 22.6. The van der Waals surface area contributed by atoms with Crippen LogP contribution in [-0.2, 0) is 13.0 Å². The molecular formula is C24H34N4O3. The van der Waals surface area contributed by atoms with Crippen molar-refractivity contribution >= 4 is 11.9 Å². The number of nitrogens with one attached hydrogen (secondary N) is 3. The Morgan fingerprint density at radius 1 is 1.00 bits per heavy atom. The number of benzene rings is 2. The lowest BCUT2D eigenvalue weighted by Gasteiger charge is -2.14. The molecule has 1 unspecified atom stereocenters. The van der Waals surface area contributed by atoms with Gasteiger partial charge in [0.1, 0.15) is 0 Å². The van der Waals surface area contributed by atoms with Gasteiger partial charge in [-0.3, -0.25) is 9.79 Å². The Morgan fingerprint density at radius 3 is 2.29 bits per heavy atom. The van der Waals surface area contributed by atoms with E-state index >= 15 is 0 Å². The van der Waals surface area contributed by atoms with E-state index in [1.54, 1.807) is 21.3 Å². The van der Waals surface area contributed by atoms with Crippen molar-refractivity contribution in [2.45, 2.75) is 39.3 Å². The largest absolute Gasteiger partial charge is 0.493 e. The molecule has 31 heavy (non-hydrogen) atoms. The molecule has 2 aromatic rings. The highest BCUT2D eigenvalue weighted by Crippen LogP contribution is 2.27. The Labute approximate surface area is 185 Å². The Balaban J connectivity index is 1.81. The maximum Gasteiger partial charge on any atom is 0.251 e. The minimum atomic E-state index is -0.0403. The summed E-state index contributed by atoms with van der Waals surface area (Å²) in [6, 6.07) is 13.7. The van der Waals surface area contributed by atoms with E-state index < -0.39 is 0 Å². The molecule has 2 rings (SSSR count). The number of guanidine groups is 1. The van der Waals surface area contributed by atoms with Gasteiger partial charge in [0.05, 0.1) is 14.2 Å². The van der Waals surface area contributed by atoms with Crippen LogP contribution in [0.4, 0.5) is 0 Å². The summed E-state index contributed by atoms with van der Waals surface area (Å²) in [6.45, 7) is 5.39. The van der Waals surface area contributed by atoms with Gasteiger partial charge in [0, 0.05) is 31.7 Å². The van der Waals surface area contributed by atoms with Crippen molar-refractivity contribution in [2.24, 2.45) is 4.99 Å². The second-order valence-corrected chi connectivity index (χ2v) is 7.27. The van der Waals surface area contributed by atoms with Crippen LogP contribution in [0.1, 0.15) is 41.8 Å². The quantitative estimate of drug-likeness (QED) is 0.402. The number of hydrogen-bond donors (Lipinski definition) is 3. The molecule has 0 bridgehead atoms. The number of ether oxygens (including phenoxy) is 2. The second kappa shape index (κ2) is 12.5. The van der Waals surface area contributed by atoms with E-state index in [1.165, 1.54) is 0 Å². The van der Waals surface area contributed by atoms with Crippen LogP contribution in [0.3, 0.4) is 0 Å². The van der Waals surface area contributed by atoms with Crippen LogP contribution in [0, 0.1) is 0 Å². The van der Waals surface area contributed by atoms with Crippen molar-refractivity contribution in [3.63, 3.8) is 0 Å². The fourth-order valence-electron chi connectivity index (χ4n) is 2.95. The molecule has 0 fully saturated rings. The van der Waals surface area contributed by atoms with Crippen LogP contribution >= 0.6 is 0 Å². The van der Waals surface area contributed by atoms with Gasteiger partial charge in [-0.05, 0) is 55.2 Å². The number of carbonyl (C=O) groups is 1. The number of hydrogen-bond acceptors (Lipinski definition) is 4. The zero-order valence-corrected chi connectivity index (χ0v) is 19.1. The Bertz CT molecular complexity index is 866. The number of nitrogens with zero attached hydrogens (tertiary/aromatic N) is 1. The van der Waals surface area contributed by atoms with E-state index in [-0.39, 0.29) is 11.9 Å². The van der Waals surface area contributed by atoms with Gasteiger partial charge >= 0.3 is 0 Å². The molecule has 3 N–H and O–H groups in total. The van der Waals surface area contributed by atoms with Crippen molar-refractivity contribution in [1.82, 2.24) is 16.0 Å². The normalized spacial score (nSPS) is 12.1. The highest BCUT2D eigenvalue weighted by molar-refractivity contribution is 5.94. The van der Waals surface area contributed by atoms with Crippen LogP contribution in [0.2, 0.25) is 0 Å². The fourth-order valence-corrected chi connectivity index (χ4v) is 2.95. The molecule has 7 heteroatoms. The van der Waals surface area contributed by atoms with Gasteiger partial charge in [-0.25, -0.2) is 0 Å². The predicted molar refractivity (Wildman–Crippen MR) is 125 cm³/mol. The van der Waals surface area contributed by atoms with Crippen LogP contribution in [-0.4, -0.2) is 45.7 Å². The average molecular weight is 427 g/mol. The summed E-state index contributed by atoms with van der Waals surface area (Å²) in [5.41, 5.74) is 2.89. The average Bonchev–Trinajstić information content (AvgIpc) is 2.81. The molecule has 0 heterocycles. The predicted octanol–water partition coefficient (Wildman–Crippen LogP) is 3.14.